The molecule has 0 spiro atoms. The van der Waals surface area contributed by atoms with E-state index < -0.39 is 7.12 Å². The van der Waals surface area contributed by atoms with Gasteiger partial charge in [0.25, 0.3) is 0 Å². The van der Waals surface area contributed by atoms with Gasteiger partial charge in [0.1, 0.15) is 0 Å². The van der Waals surface area contributed by atoms with Crippen LogP contribution in [0.15, 0.2) is 11.5 Å². The summed E-state index contributed by atoms with van der Waals surface area (Å²) in [5, 5.41) is 26.3. The van der Waals surface area contributed by atoms with Crippen molar-refractivity contribution in [3.05, 3.63) is 11.5 Å². The lowest BCUT2D eigenvalue weighted by Crippen LogP contribution is -2.21. The minimum absolute atomic E-state index is 0.289. The summed E-state index contributed by atoms with van der Waals surface area (Å²) in [7, 11) is -1.33. The van der Waals surface area contributed by atoms with Crippen molar-refractivity contribution >= 4 is 7.12 Å². The Balaban J connectivity index is 2.48. The summed E-state index contributed by atoms with van der Waals surface area (Å²) in [5.74, 6) is 0. The summed E-state index contributed by atoms with van der Waals surface area (Å²) in [6, 6.07) is 0. The third-order valence-corrected chi connectivity index (χ3v) is 1.75. The fourth-order valence-corrected chi connectivity index (χ4v) is 1.08. The Labute approximate surface area is 60.1 Å². The molecule has 0 heterocycles. The molecule has 1 aliphatic carbocycles. The minimum Gasteiger partial charge on any atom is -0.423 e. The summed E-state index contributed by atoms with van der Waals surface area (Å²) in [6.45, 7) is 0. The SMILES string of the molecule is OB(O)C1=CC[C@H](O)CC1. The quantitative estimate of drug-likeness (QED) is 0.431. The number of rotatable bonds is 1. The molecule has 3 N–H and O–H groups in total. The molecule has 4 heteroatoms. The van der Waals surface area contributed by atoms with Gasteiger partial charge in [-0.3, -0.25) is 0 Å². The highest BCUT2D eigenvalue weighted by atomic mass is 16.4. The van der Waals surface area contributed by atoms with Crippen LogP contribution in [0.3, 0.4) is 0 Å². The molecule has 1 rings (SSSR count). The first kappa shape index (κ1) is 7.79. The Morgan fingerprint density at radius 1 is 1.50 bits per heavy atom. The van der Waals surface area contributed by atoms with Gasteiger partial charge in [-0.1, -0.05) is 6.08 Å². The zero-order valence-electron chi connectivity index (χ0n) is 5.70. The van der Waals surface area contributed by atoms with Crippen LogP contribution in [0, 0.1) is 0 Å². The second kappa shape index (κ2) is 3.19. The van der Waals surface area contributed by atoms with Crippen LogP contribution in [-0.4, -0.2) is 28.4 Å². The van der Waals surface area contributed by atoms with Gasteiger partial charge in [-0.15, -0.1) is 0 Å². The number of hydrogen-bond acceptors (Lipinski definition) is 3. The van der Waals surface area contributed by atoms with Crippen molar-refractivity contribution in [2.75, 3.05) is 0 Å². The summed E-state index contributed by atoms with van der Waals surface area (Å²) in [5.41, 5.74) is 0.630. The standard InChI is InChI=1S/C6H11BO3/c8-6-3-1-5(2-4-6)7(9)10/h1,6,8-10H,2-4H2/t6-/m0/s1. The molecule has 1 aliphatic rings. The van der Waals surface area contributed by atoms with Crippen LogP contribution in [0.4, 0.5) is 0 Å². The van der Waals surface area contributed by atoms with Gasteiger partial charge in [-0.2, -0.15) is 0 Å². The minimum atomic E-state index is -1.33. The number of aliphatic hydroxyl groups is 1. The van der Waals surface area contributed by atoms with E-state index in [9.17, 15) is 0 Å². The maximum atomic E-state index is 9.00. The van der Waals surface area contributed by atoms with E-state index in [0.29, 0.717) is 24.7 Å². The number of aliphatic hydroxyl groups excluding tert-OH is 1. The predicted octanol–water partition coefficient (Wildman–Crippen LogP) is -0.530. The second-order valence-corrected chi connectivity index (χ2v) is 2.58. The molecular formula is C6H11BO3. The highest BCUT2D eigenvalue weighted by molar-refractivity contribution is 6.50. The normalized spacial score (nSPS) is 25.9. The van der Waals surface area contributed by atoms with Gasteiger partial charge < -0.3 is 15.2 Å². The fourth-order valence-electron chi connectivity index (χ4n) is 1.08. The Morgan fingerprint density at radius 3 is 2.60 bits per heavy atom. The van der Waals surface area contributed by atoms with Gasteiger partial charge in [0.05, 0.1) is 6.10 Å². The van der Waals surface area contributed by atoms with Gasteiger partial charge >= 0.3 is 7.12 Å². The molecule has 10 heavy (non-hydrogen) atoms. The molecule has 0 aromatic carbocycles. The van der Waals surface area contributed by atoms with Crippen LogP contribution >= 0.6 is 0 Å². The Morgan fingerprint density at radius 2 is 2.20 bits per heavy atom. The first-order valence-corrected chi connectivity index (χ1v) is 3.43. The molecule has 0 saturated heterocycles. The lowest BCUT2D eigenvalue weighted by molar-refractivity contribution is 0.163. The summed E-state index contributed by atoms with van der Waals surface area (Å²) in [4.78, 5) is 0. The Kier molecular flexibility index (Phi) is 2.48. The predicted molar refractivity (Wildman–Crippen MR) is 38.1 cm³/mol. The molecule has 0 unspecified atom stereocenters. The topological polar surface area (TPSA) is 60.7 Å². The first-order chi connectivity index (χ1) is 4.70. The lowest BCUT2D eigenvalue weighted by atomic mass is 9.73. The van der Waals surface area contributed by atoms with Crippen LogP contribution < -0.4 is 0 Å². The van der Waals surface area contributed by atoms with E-state index >= 15 is 0 Å². The molecule has 0 amide bonds. The Hall–Kier alpha value is -0.315. The highest BCUT2D eigenvalue weighted by Crippen LogP contribution is 2.18. The fraction of sp³-hybridized carbons (Fsp3) is 0.667. The van der Waals surface area contributed by atoms with E-state index in [1.807, 2.05) is 0 Å². The molecule has 0 bridgehead atoms. The largest absolute Gasteiger partial charge is 0.483 e. The van der Waals surface area contributed by atoms with E-state index in [2.05, 4.69) is 0 Å². The van der Waals surface area contributed by atoms with E-state index in [-0.39, 0.29) is 6.10 Å². The van der Waals surface area contributed by atoms with Crippen LogP contribution in [0.5, 0.6) is 0 Å². The van der Waals surface area contributed by atoms with Gasteiger partial charge in [0.2, 0.25) is 0 Å². The molecule has 0 aromatic heterocycles. The lowest BCUT2D eigenvalue weighted by Gasteiger charge is -2.16. The Bertz CT molecular complexity index is 144. The molecule has 0 saturated carbocycles. The third-order valence-electron chi connectivity index (χ3n) is 1.75. The molecule has 3 nitrogen and oxygen atoms in total. The number of allylic oxidation sites excluding steroid dienone is 1. The third kappa shape index (κ3) is 1.83. The maximum Gasteiger partial charge on any atom is 0.483 e. The van der Waals surface area contributed by atoms with E-state index in [4.69, 9.17) is 15.2 Å². The second-order valence-electron chi connectivity index (χ2n) is 2.58. The van der Waals surface area contributed by atoms with Crippen molar-refractivity contribution in [1.29, 1.82) is 0 Å². The zero-order valence-corrected chi connectivity index (χ0v) is 5.70. The molecule has 0 aromatic rings. The molecule has 0 aliphatic heterocycles. The van der Waals surface area contributed by atoms with Gasteiger partial charge in [0.15, 0.2) is 0 Å². The van der Waals surface area contributed by atoms with Gasteiger partial charge in [0, 0.05) is 0 Å². The zero-order chi connectivity index (χ0) is 7.56. The smallest absolute Gasteiger partial charge is 0.423 e. The monoisotopic (exact) mass is 142 g/mol. The number of hydrogen-bond donors (Lipinski definition) is 3. The van der Waals surface area contributed by atoms with Crippen molar-refractivity contribution < 1.29 is 15.2 Å². The van der Waals surface area contributed by atoms with Gasteiger partial charge in [-0.25, -0.2) is 0 Å². The molecule has 56 valence electrons. The average Bonchev–Trinajstić information content (AvgIpc) is 1.88. The van der Waals surface area contributed by atoms with Gasteiger partial charge in [-0.05, 0) is 24.7 Å². The molecule has 1 atom stereocenters. The van der Waals surface area contributed by atoms with Crippen molar-refractivity contribution in [2.45, 2.75) is 25.4 Å². The van der Waals surface area contributed by atoms with Crippen molar-refractivity contribution in [1.82, 2.24) is 0 Å². The van der Waals surface area contributed by atoms with Crippen LogP contribution in [0.1, 0.15) is 19.3 Å². The van der Waals surface area contributed by atoms with Crippen molar-refractivity contribution in [2.24, 2.45) is 0 Å². The molecule has 0 fully saturated rings. The summed E-state index contributed by atoms with van der Waals surface area (Å²) < 4.78 is 0. The first-order valence-electron chi connectivity index (χ1n) is 3.43. The van der Waals surface area contributed by atoms with E-state index in [1.54, 1.807) is 6.08 Å². The van der Waals surface area contributed by atoms with Crippen LogP contribution in [0.25, 0.3) is 0 Å². The average molecular weight is 142 g/mol. The van der Waals surface area contributed by atoms with Crippen LogP contribution in [-0.2, 0) is 0 Å². The maximum absolute atomic E-state index is 9.00. The van der Waals surface area contributed by atoms with Crippen LogP contribution in [0.2, 0.25) is 0 Å². The highest BCUT2D eigenvalue weighted by Gasteiger charge is 2.19. The van der Waals surface area contributed by atoms with Crippen molar-refractivity contribution in [3.8, 4) is 0 Å². The van der Waals surface area contributed by atoms with Crippen molar-refractivity contribution in [3.63, 3.8) is 0 Å². The summed E-state index contributed by atoms with van der Waals surface area (Å²) >= 11 is 0. The summed E-state index contributed by atoms with van der Waals surface area (Å²) in [6.07, 6.45) is 3.19. The molecule has 0 radical (unpaired) electrons. The molecular weight excluding hydrogens is 131 g/mol. The van der Waals surface area contributed by atoms with E-state index in [0.717, 1.165) is 0 Å². The van der Waals surface area contributed by atoms with E-state index in [1.165, 1.54) is 0 Å².